The first-order valence-electron chi connectivity index (χ1n) is 14.8. The van der Waals surface area contributed by atoms with Gasteiger partial charge in [-0.25, -0.2) is 13.8 Å². The molecule has 0 bridgehead atoms. The van der Waals surface area contributed by atoms with Gasteiger partial charge < -0.3 is 4.90 Å². The average Bonchev–Trinajstić information content (AvgIpc) is 3.34. The normalized spacial score (nSPS) is 19.6. The zero-order valence-electron chi connectivity index (χ0n) is 24.2. The molecular formula is C34H30F5N5O. The van der Waals surface area contributed by atoms with E-state index in [4.69, 9.17) is 4.99 Å². The van der Waals surface area contributed by atoms with Crippen molar-refractivity contribution in [3.05, 3.63) is 131 Å². The Morgan fingerprint density at radius 1 is 0.822 bits per heavy atom. The smallest absolute Gasteiger partial charge is 0.303 e. The van der Waals surface area contributed by atoms with Crippen molar-refractivity contribution in [1.82, 2.24) is 19.8 Å². The molecule has 11 heteroatoms. The number of nitrogens with zero attached hydrogens (tertiary/aromatic N) is 5. The highest BCUT2D eigenvalue weighted by molar-refractivity contribution is 6.16. The predicted octanol–water partition coefficient (Wildman–Crippen LogP) is 6.58. The van der Waals surface area contributed by atoms with Crippen LogP contribution in [0.4, 0.5) is 22.0 Å². The molecule has 4 heterocycles. The standard InChI is InChI=1S/C34H30F5N5O/c35-27-11-8-24(9-12-27)33(25-5-3-6-28(36)21-25)32(45)44(31(42-33)30-7-1-2-16-40-30)18-4-17-43-19-14-23(15-20-43)29-13-10-26(22-41-29)34(37,38)39/h1-3,5-13,16,21-23H,4,14-15,17-20H2. The van der Waals surface area contributed by atoms with Crippen LogP contribution in [0.25, 0.3) is 0 Å². The zero-order chi connectivity index (χ0) is 31.6. The third-order valence-electron chi connectivity index (χ3n) is 8.46. The number of pyridine rings is 2. The average molecular weight is 620 g/mol. The lowest BCUT2D eigenvalue weighted by molar-refractivity contribution is -0.137. The Morgan fingerprint density at radius 3 is 2.24 bits per heavy atom. The van der Waals surface area contributed by atoms with E-state index in [9.17, 15) is 26.7 Å². The molecule has 232 valence electrons. The van der Waals surface area contributed by atoms with Crippen LogP contribution in [0.15, 0.2) is 96.2 Å². The van der Waals surface area contributed by atoms with E-state index >= 15 is 0 Å². The molecule has 2 aliphatic rings. The van der Waals surface area contributed by atoms with E-state index in [2.05, 4.69) is 14.9 Å². The van der Waals surface area contributed by atoms with E-state index in [1.807, 2.05) is 0 Å². The van der Waals surface area contributed by atoms with Crippen LogP contribution >= 0.6 is 0 Å². The lowest BCUT2D eigenvalue weighted by Crippen LogP contribution is -2.43. The van der Waals surface area contributed by atoms with Crippen molar-refractivity contribution in [3.63, 3.8) is 0 Å². The number of piperidine rings is 1. The maximum absolute atomic E-state index is 14.5. The third-order valence-corrected chi connectivity index (χ3v) is 8.46. The molecule has 0 saturated carbocycles. The van der Waals surface area contributed by atoms with Crippen molar-refractivity contribution in [3.8, 4) is 0 Å². The van der Waals surface area contributed by atoms with Gasteiger partial charge in [-0.05, 0) is 98.6 Å². The number of alkyl halides is 3. The Labute approximate surface area is 257 Å². The quantitative estimate of drug-likeness (QED) is 0.209. The monoisotopic (exact) mass is 619 g/mol. The molecule has 6 rings (SSSR count). The number of amidine groups is 1. The highest BCUT2D eigenvalue weighted by Gasteiger charge is 2.51. The van der Waals surface area contributed by atoms with E-state index in [1.54, 1.807) is 35.4 Å². The zero-order valence-corrected chi connectivity index (χ0v) is 24.2. The van der Waals surface area contributed by atoms with Gasteiger partial charge in [0.05, 0.1) is 5.56 Å². The van der Waals surface area contributed by atoms with Crippen LogP contribution in [0.5, 0.6) is 0 Å². The van der Waals surface area contributed by atoms with E-state index in [0.717, 1.165) is 38.2 Å². The fourth-order valence-corrected chi connectivity index (χ4v) is 6.12. The molecule has 45 heavy (non-hydrogen) atoms. The van der Waals surface area contributed by atoms with Gasteiger partial charge in [0, 0.05) is 30.6 Å². The summed E-state index contributed by atoms with van der Waals surface area (Å²) in [5, 5.41) is 0. The molecule has 1 amide bonds. The lowest BCUT2D eigenvalue weighted by atomic mass is 9.82. The lowest BCUT2D eigenvalue weighted by Gasteiger charge is -2.32. The van der Waals surface area contributed by atoms with E-state index in [0.29, 0.717) is 47.9 Å². The fraction of sp³-hybridized carbons (Fsp3) is 0.294. The van der Waals surface area contributed by atoms with Gasteiger partial charge in [0.2, 0.25) is 0 Å². The summed E-state index contributed by atoms with van der Waals surface area (Å²) < 4.78 is 67.2. The third kappa shape index (κ3) is 6.22. The number of rotatable bonds is 8. The maximum atomic E-state index is 14.5. The minimum Gasteiger partial charge on any atom is -0.303 e. The molecule has 6 nitrogen and oxygen atoms in total. The van der Waals surface area contributed by atoms with Gasteiger partial charge in [0.15, 0.2) is 11.4 Å². The second-order valence-electron chi connectivity index (χ2n) is 11.3. The first kappa shape index (κ1) is 30.5. The minimum atomic E-state index is -4.41. The van der Waals surface area contributed by atoms with Gasteiger partial charge in [0.25, 0.3) is 5.91 Å². The summed E-state index contributed by atoms with van der Waals surface area (Å²) in [4.78, 5) is 31.8. The molecule has 1 fully saturated rings. The van der Waals surface area contributed by atoms with E-state index in [1.165, 1.54) is 48.5 Å². The van der Waals surface area contributed by atoms with Gasteiger partial charge in [-0.2, -0.15) is 13.2 Å². The summed E-state index contributed by atoms with van der Waals surface area (Å²) in [6.45, 7) is 2.47. The van der Waals surface area contributed by atoms with Crippen LogP contribution in [-0.4, -0.2) is 57.7 Å². The van der Waals surface area contributed by atoms with Crippen molar-refractivity contribution in [2.75, 3.05) is 26.2 Å². The Balaban J connectivity index is 1.20. The minimum absolute atomic E-state index is 0.0779. The first-order valence-corrected chi connectivity index (χ1v) is 14.8. The van der Waals surface area contributed by atoms with Crippen molar-refractivity contribution < 1.29 is 26.7 Å². The number of carbonyl (C=O) groups is 1. The number of carbonyl (C=O) groups excluding carboxylic acids is 1. The second-order valence-corrected chi connectivity index (χ2v) is 11.3. The molecule has 0 aliphatic carbocycles. The largest absolute Gasteiger partial charge is 0.417 e. The Hall–Kier alpha value is -4.51. The van der Waals surface area contributed by atoms with Gasteiger partial charge >= 0.3 is 6.18 Å². The molecule has 2 aromatic carbocycles. The van der Waals surface area contributed by atoms with Gasteiger partial charge in [-0.3, -0.25) is 19.7 Å². The molecular weight excluding hydrogens is 589 g/mol. The summed E-state index contributed by atoms with van der Waals surface area (Å²) in [7, 11) is 0. The number of aliphatic imine (C=N–C) groups is 1. The summed E-state index contributed by atoms with van der Waals surface area (Å²) >= 11 is 0. The van der Waals surface area contributed by atoms with Gasteiger partial charge in [0.1, 0.15) is 17.3 Å². The molecule has 1 saturated heterocycles. The highest BCUT2D eigenvalue weighted by atomic mass is 19.4. The number of hydrogen-bond acceptors (Lipinski definition) is 5. The first-order chi connectivity index (χ1) is 21.6. The van der Waals surface area contributed by atoms with Gasteiger partial charge in [-0.1, -0.05) is 30.3 Å². The predicted molar refractivity (Wildman–Crippen MR) is 158 cm³/mol. The molecule has 4 aromatic rings. The second kappa shape index (κ2) is 12.5. The van der Waals surface area contributed by atoms with E-state index < -0.39 is 28.9 Å². The molecule has 0 N–H and O–H groups in total. The van der Waals surface area contributed by atoms with Crippen LogP contribution < -0.4 is 0 Å². The summed E-state index contributed by atoms with van der Waals surface area (Å²) in [6.07, 6.45) is 0.206. The molecule has 2 aliphatic heterocycles. The van der Waals surface area contributed by atoms with Gasteiger partial charge in [-0.15, -0.1) is 0 Å². The number of likely N-dealkylation sites (tertiary alicyclic amines) is 1. The number of amides is 1. The number of halogens is 5. The summed E-state index contributed by atoms with van der Waals surface area (Å²) in [5.41, 5.74) is -0.500. The van der Waals surface area contributed by atoms with Crippen molar-refractivity contribution in [1.29, 1.82) is 0 Å². The Bertz CT molecular complexity index is 1670. The van der Waals surface area contributed by atoms with Crippen molar-refractivity contribution in [2.45, 2.75) is 36.9 Å². The summed E-state index contributed by atoms with van der Waals surface area (Å²) in [5.74, 6) is -0.949. The highest BCUT2D eigenvalue weighted by Crippen LogP contribution is 2.41. The molecule has 0 spiro atoms. The Morgan fingerprint density at radius 2 is 1.60 bits per heavy atom. The number of benzene rings is 2. The number of hydrogen-bond donors (Lipinski definition) is 0. The van der Waals surface area contributed by atoms with Crippen LogP contribution in [0.1, 0.15) is 53.3 Å². The van der Waals surface area contributed by atoms with Crippen LogP contribution in [0.2, 0.25) is 0 Å². The van der Waals surface area contributed by atoms with E-state index in [-0.39, 0.29) is 11.8 Å². The summed E-state index contributed by atoms with van der Waals surface area (Å²) in [6, 6.07) is 19.1. The number of aromatic nitrogens is 2. The van der Waals surface area contributed by atoms with Crippen LogP contribution in [0, 0.1) is 11.6 Å². The fourth-order valence-electron chi connectivity index (χ4n) is 6.12. The topological polar surface area (TPSA) is 61.7 Å². The van der Waals surface area contributed by atoms with Crippen molar-refractivity contribution in [2.24, 2.45) is 4.99 Å². The molecule has 1 unspecified atom stereocenters. The maximum Gasteiger partial charge on any atom is 0.417 e. The van der Waals surface area contributed by atoms with Crippen LogP contribution in [0.3, 0.4) is 0 Å². The molecule has 1 atom stereocenters. The van der Waals surface area contributed by atoms with Crippen LogP contribution in [-0.2, 0) is 16.5 Å². The Kier molecular flexibility index (Phi) is 8.46. The molecule has 0 radical (unpaired) electrons. The SMILES string of the molecule is O=C1N(CCCN2CCC(c3ccc(C(F)(F)F)cn3)CC2)C(c2ccccn2)=NC1(c1ccc(F)cc1)c1cccc(F)c1. The molecule has 2 aromatic heterocycles. The van der Waals surface area contributed by atoms with Crippen molar-refractivity contribution >= 4 is 11.7 Å².